The van der Waals surface area contributed by atoms with Gasteiger partial charge in [0.1, 0.15) is 5.82 Å². The third-order valence-corrected chi connectivity index (χ3v) is 5.05. The molecule has 1 aliphatic carbocycles. The SMILES string of the molecule is c1cncc(-c2nc3c(c(N[C@H]4CCc5ccccc54)n2)CNC3)c1. The van der Waals surface area contributed by atoms with E-state index in [1.165, 1.54) is 16.7 Å². The van der Waals surface area contributed by atoms with Crippen LogP contribution in [0.2, 0.25) is 0 Å². The molecule has 1 atom stereocenters. The van der Waals surface area contributed by atoms with Gasteiger partial charge < -0.3 is 10.6 Å². The summed E-state index contributed by atoms with van der Waals surface area (Å²) in [6.07, 6.45) is 5.81. The highest BCUT2D eigenvalue weighted by molar-refractivity contribution is 5.60. The van der Waals surface area contributed by atoms with Crippen LogP contribution in [0.1, 0.15) is 34.8 Å². The summed E-state index contributed by atoms with van der Waals surface area (Å²) < 4.78 is 0. The van der Waals surface area contributed by atoms with Crippen molar-refractivity contribution in [3.63, 3.8) is 0 Å². The lowest BCUT2D eigenvalue weighted by molar-refractivity contribution is 0.746. The first-order valence-corrected chi connectivity index (χ1v) is 8.74. The van der Waals surface area contributed by atoms with E-state index in [4.69, 9.17) is 9.97 Å². The Bertz CT molecular complexity index is 923. The number of aromatic nitrogens is 3. The van der Waals surface area contributed by atoms with Gasteiger partial charge in [0, 0.05) is 36.6 Å². The summed E-state index contributed by atoms with van der Waals surface area (Å²) >= 11 is 0. The second-order valence-electron chi connectivity index (χ2n) is 6.60. The number of hydrogen-bond acceptors (Lipinski definition) is 5. The topological polar surface area (TPSA) is 62.7 Å². The van der Waals surface area contributed by atoms with Crippen molar-refractivity contribution in [2.24, 2.45) is 0 Å². The van der Waals surface area contributed by atoms with Gasteiger partial charge in [-0.05, 0) is 36.1 Å². The summed E-state index contributed by atoms with van der Waals surface area (Å²) in [7, 11) is 0. The Morgan fingerprint density at radius 2 is 2.00 bits per heavy atom. The molecule has 1 aliphatic heterocycles. The fourth-order valence-electron chi connectivity index (χ4n) is 3.78. The largest absolute Gasteiger partial charge is 0.363 e. The Morgan fingerprint density at radius 3 is 2.92 bits per heavy atom. The van der Waals surface area contributed by atoms with Crippen LogP contribution in [0.15, 0.2) is 48.8 Å². The maximum absolute atomic E-state index is 4.85. The van der Waals surface area contributed by atoms with Crippen LogP contribution >= 0.6 is 0 Å². The average molecular weight is 329 g/mol. The van der Waals surface area contributed by atoms with E-state index >= 15 is 0 Å². The lowest BCUT2D eigenvalue weighted by atomic mass is 10.1. The van der Waals surface area contributed by atoms with E-state index in [1.807, 2.05) is 18.3 Å². The second kappa shape index (κ2) is 5.93. The average Bonchev–Trinajstić information content (AvgIpc) is 3.30. The number of anilines is 1. The first kappa shape index (κ1) is 14.5. The molecule has 0 radical (unpaired) electrons. The fourth-order valence-corrected chi connectivity index (χ4v) is 3.78. The maximum atomic E-state index is 4.85. The molecule has 0 bridgehead atoms. The number of benzene rings is 1. The number of fused-ring (bicyclic) bond motifs is 2. The summed E-state index contributed by atoms with van der Waals surface area (Å²) in [4.78, 5) is 13.8. The maximum Gasteiger partial charge on any atom is 0.163 e. The van der Waals surface area contributed by atoms with E-state index in [2.05, 4.69) is 39.9 Å². The zero-order valence-corrected chi connectivity index (χ0v) is 13.9. The molecule has 0 amide bonds. The molecular formula is C20H19N5. The van der Waals surface area contributed by atoms with Crippen molar-refractivity contribution < 1.29 is 0 Å². The van der Waals surface area contributed by atoms with Crippen molar-refractivity contribution in [2.45, 2.75) is 32.0 Å². The van der Waals surface area contributed by atoms with Gasteiger partial charge in [0.05, 0.1) is 11.7 Å². The van der Waals surface area contributed by atoms with Crippen LogP contribution in [0.5, 0.6) is 0 Å². The third kappa shape index (κ3) is 2.57. The predicted octanol–water partition coefficient (Wildman–Crippen LogP) is 3.24. The second-order valence-corrected chi connectivity index (χ2v) is 6.60. The van der Waals surface area contributed by atoms with Gasteiger partial charge in [-0.25, -0.2) is 9.97 Å². The van der Waals surface area contributed by atoms with E-state index in [9.17, 15) is 0 Å². The van der Waals surface area contributed by atoms with Gasteiger partial charge in [-0.15, -0.1) is 0 Å². The van der Waals surface area contributed by atoms with E-state index in [1.54, 1.807) is 6.20 Å². The molecule has 0 fully saturated rings. The molecule has 0 saturated carbocycles. The molecule has 0 unspecified atom stereocenters. The van der Waals surface area contributed by atoms with Gasteiger partial charge in [0.2, 0.25) is 0 Å². The van der Waals surface area contributed by atoms with Crippen LogP contribution in [0.25, 0.3) is 11.4 Å². The fraction of sp³-hybridized carbons (Fsp3) is 0.250. The minimum absolute atomic E-state index is 0.317. The number of hydrogen-bond donors (Lipinski definition) is 2. The lowest BCUT2D eigenvalue weighted by Gasteiger charge is -2.18. The van der Waals surface area contributed by atoms with E-state index in [0.29, 0.717) is 6.04 Å². The standard InChI is InChI=1S/C20H19N5/c1-2-6-15-13(4-1)7-8-17(15)23-20-16-11-22-12-18(16)24-19(25-20)14-5-3-9-21-10-14/h1-6,9-10,17,22H,7-8,11-12H2,(H,23,24,25)/t17-/m0/s1. The molecule has 0 saturated heterocycles. The number of nitrogens with zero attached hydrogens (tertiary/aromatic N) is 3. The number of nitrogens with one attached hydrogen (secondary N) is 2. The van der Waals surface area contributed by atoms with E-state index < -0.39 is 0 Å². The molecular weight excluding hydrogens is 310 g/mol. The monoisotopic (exact) mass is 329 g/mol. The van der Waals surface area contributed by atoms with Gasteiger partial charge in [-0.1, -0.05) is 24.3 Å². The molecule has 5 heteroatoms. The van der Waals surface area contributed by atoms with Gasteiger partial charge in [-0.2, -0.15) is 0 Å². The zero-order chi connectivity index (χ0) is 16.6. The summed E-state index contributed by atoms with van der Waals surface area (Å²) in [6.45, 7) is 1.61. The first-order chi connectivity index (χ1) is 12.4. The highest BCUT2D eigenvalue weighted by Gasteiger charge is 2.25. The molecule has 2 N–H and O–H groups in total. The van der Waals surface area contributed by atoms with Crippen LogP contribution in [-0.2, 0) is 19.5 Å². The molecule has 2 aromatic heterocycles. The summed E-state index contributed by atoms with van der Waals surface area (Å²) in [6, 6.07) is 12.9. The zero-order valence-electron chi connectivity index (χ0n) is 13.9. The van der Waals surface area contributed by atoms with Crippen molar-refractivity contribution in [2.75, 3.05) is 5.32 Å². The van der Waals surface area contributed by atoms with Crippen LogP contribution in [0.3, 0.4) is 0 Å². The van der Waals surface area contributed by atoms with Crippen molar-refractivity contribution in [3.05, 3.63) is 71.2 Å². The summed E-state index contributed by atoms with van der Waals surface area (Å²) in [5.41, 5.74) is 6.06. The Hall–Kier alpha value is -2.79. The minimum Gasteiger partial charge on any atom is -0.363 e. The number of rotatable bonds is 3. The van der Waals surface area contributed by atoms with Crippen molar-refractivity contribution in [3.8, 4) is 11.4 Å². The third-order valence-electron chi connectivity index (χ3n) is 5.05. The van der Waals surface area contributed by atoms with Gasteiger partial charge in [0.15, 0.2) is 5.82 Å². The quantitative estimate of drug-likeness (QED) is 0.772. The van der Waals surface area contributed by atoms with Crippen LogP contribution in [0.4, 0.5) is 5.82 Å². The van der Waals surface area contributed by atoms with Crippen molar-refractivity contribution >= 4 is 5.82 Å². The normalized spacial score (nSPS) is 18.0. The molecule has 3 aromatic rings. The Labute approximate surface area is 146 Å². The predicted molar refractivity (Wildman–Crippen MR) is 96.9 cm³/mol. The van der Waals surface area contributed by atoms with Crippen LogP contribution < -0.4 is 10.6 Å². The van der Waals surface area contributed by atoms with Crippen LogP contribution in [0, 0.1) is 0 Å². The van der Waals surface area contributed by atoms with Gasteiger partial charge >= 0.3 is 0 Å². The number of pyridine rings is 1. The smallest absolute Gasteiger partial charge is 0.163 e. The molecule has 2 aliphatic rings. The van der Waals surface area contributed by atoms with Gasteiger partial charge in [0.25, 0.3) is 0 Å². The Kier molecular flexibility index (Phi) is 3.45. The summed E-state index contributed by atoms with van der Waals surface area (Å²) in [5, 5.41) is 7.09. The molecule has 1 aromatic carbocycles. The highest BCUT2D eigenvalue weighted by Crippen LogP contribution is 2.35. The summed E-state index contributed by atoms with van der Waals surface area (Å²) in [5.74, 6) is 1.69. The Morgan fingerprint density at radius 1 is 1.04 bits per heavy atom. The molecule has 25 heavy (non-hydrogen) atoms. The van der Waals surface area contributed by atoms with Gasteiger partial charge in [-0.3, -0.25) is 4.98 Å². The molecule has 0 spiro atoms. The molecule has 5 nitrogen and oxygen atoms in total. The molecule has 3 heterocycles. The lowest BCUT2D eigenvalue weighted by Crippen LogP contribution is -2.12. The van der Waals surface area contributed by atoms with E-state index in [0.717, 1.165) is 48.8 Å². The van der Waals surface area contributed by atoms with Crippen molar-refractivity contribution in [1.29, 1.82) is 0 Å². The van der Waals surface area contributed by atoms with Crippen molar-refractivity contribution in [1.82, 2.24) is 20.3 Å². The number of aryl methyl sites for hydroxylation is 1. The van der Waals surface area contributed by atoms with Crippen LogP contribution in [-0.4, -0.2) is 15.0 Å². The van der Waals surface area contributed by atoms with E-state index in [-0.39, 0.29) is 0 Å². The first-order valence-electron chi connectivity index (χ1n) is 8.74. The minimum atomic E-state index is 0.317. The molecule has 124 valence electrons. The molecule has 5 rings (SSSR count). The highest BCUT2D eigenvalue weighted by atomic mass is 15.1. The Balaban J connectivity index is 1.54.